The summed E-state index contributed by atoms with van der Waals surface area (Å²) in [5.74, 6) is 0.703. The number of H-pyrrole nitrogens is 1. The van der Waals surface area contributed by atoms with Gasteiger partial charge in [-0.2, -0.15) is 0 Å². The summed E-state index contributed by atoms with van der Waals surface area (Å²) in [6.45, 7) is 2.89. The van der Waals surface area contributed by atoms with Crippen LogP contribution in [0.25, 0.3) is 0 Å². The molecule has 2 amide bonds. The minimum Gasteiger partial charge on any atom is -0.445 e. The Hall–Kier alpha value is -3.69. The van der Waals surface area contributed by atoms with Crippen molar-refractivity contribution in [3.63, 3.8) is 0 Å². The zero-order valence-corrected chi connectivity index (χ0v) is 17.0. The highest BCUT2D eigenvalue weighted by Crippen LogP contribution is 2.18. The van der Waals surface area contributed by atoms with E-state index in [9.17, 15) is 9.59 Å². The number of amides is 2. The molecule has 4 heterocycles. The van der Waals surface area contributed by atoms with Crippen molar-refractivity contribution in [1.29, 1.82) is 0 Å². The summed E-state index contributed by atoms with van der Waals surface area (Å²) in [5.41, 5.74) is 3.19. The summed E-state index contributed by atoms with van der Waals surface area (Å²) in [6.07, 6.45) is 2.74. The summed E-state index contributed by atoms with van der Waals surface area (Å²) in [5, 5.41) is 10.7. The van der Waals surface area contributed by atoms with Crippen molar-refractivity contribution in [2.45, 2.75) is 32.5 Å². The van der Waals surface area contributed by atoms with Crippen LogP contribution in [-0.4, -0.2) is 66.4 Å². The Morgan fingerprint density at radius 1 is 1.03 bits per heavy atom. The molecule has 0 spiro atoms. The fraction of sp³-hybridized carbons (Fsp3) is 0.381. The molecule has 1 aromatic carbocycles. The van der Waals surface area contributed by atoms with E-state index in [1.807, 2.05) is 34.9 Å². The molecule has 0 unspecified atom stereocenters. The topological polar surface area (TPSA) is 109 Å². The largest absolute Gasteiger partial charge is 0.445 e. The first kappa shape index (κ1) is 19.3. The van der Waals surface area contributed by atoms with Gasteiger partial charge in [-0.1, -0.05) is 35.5 Å². The molecule has 0 bridgehead atoms. The summed E-state index contributed by atoms with van der Waals surface area (Å²) in [7, 11) is 0. The number of rotatable bonds is 3. The predicted octanol–water partition coefficient (Wildman–Crippen LogP) is 1.39. The van der Waals surface area contributed by atoms with Crippen LogP contribution in [0.5, 0.6) is 0 Å². The number of imidazole rings is 1. The van der Waals surface area contributed by atoms with Crippen LogP contribution in [0.15, 0.2) is 36.5 Å². The third kappa shape index (κ3) is 4.00. The number of nitrogens with one attached hydrogen (secondary N) is 1. The van der Waals surface area contributed by atoms with E-state index in [0.717, 1.165) is 22.8 Å². The van der Waals surface area contributed by atoms with Crippen LogP contribution in [0, 0.1) is 0 Å². The van der Waals surface area contributed by atoms with Crippen molar-refractivity contribution in [2.24, 2.45) is 0 Å². The SMILES string of the molecule is O=C(OCc1ccccc1)N1CCc2nc(C(=O)N3CCc4[nH]nnc4C3)cn2CC1. The molecule has 2 aliphatic heterocycles. The van der Waals surface area contributed by atoms with Crippen molar-refractivity contribution < 1.29 is 14.3 Å². The Balaban J connectivity index is 1.19. The molecule has 31 heavy (non-hydrogen) atoms. The zero-order valence-electron chi connectivity index (χ0n) is 17.0. The molecule has 160 valence electrons. The lowest BCUT2D eigenvalue weighted by atomic mass is 10.1. The maximum absolute atomic E-state index is 12.9. The number of carbonyl (C=O) groups is 2. The number of aromatic amines is 1. The van der Waals surface area contributed by atoms with E-state index in [0.29, 0.717) is 51.3 Å². The number of aromatic nitrogens is 5. The highest BCUT2D eigenvalue weighted by Gasteiger charge is 2.27. The summed E-state index contributed by atoms with van der Waals surface area (Å²) < 4.78 is 7.41. The molecular formula is C21H23N7O3. The van der Waals surface area contributed by atoms with E-state index >= 15 is 0 Å². The summed E-state index contributed by atoms with van der Waals surface area (Å²) in [4.78, 5) is 33.4. The van der Waals surface area contributed by atoms with Gasteiger partial charge in [0.2, 0.25) is 0 Å². The number of hydrogen-bond donors (Lipinski definition) is 1. The third-order valence-electron chi connectivity index (χ3n) is 5.72. The number of carbonyl (C=O) groups excluding carboxylic acids is 2. The average molecular weight is 421 g/mol. The highest BCUT2D eigenvalue weighted by atomic mass is 16.6. The molecule has 0 radical (unpaired) electrons. The molecule has 2 aliphatic rings. The average Bonchev–Trinajstić information content (AvgIpc) is 3.39. The number of nitrogens with zero attached hydrogens (tertiary/aromatic N) is 6. The minimum absolute atomic E-state index is 0.103. The van der Waals surface area contributed by atoms with E-state index in [1.165, 1.54) is 0 Å². The molecule has 0 aliphatic carbocycles. The zero-order chi connectivity index (χ0) is 21.2. The maximum Gasteiger partial charge on any atom is 0.410 e. The smallest absolute Gasteiger partial charge is 0.410 e. The molecule has 0 saturated carbocycles. The van der Waals surface area contributed by atoms with Gasteiger partial charge in [-0.3, -0.25) is 9.89 Å². The Bertz CT molecular complexity index is 1070. The molecule has 3 aromatic rings. The molecule has 0 saturated heterocycles. The quantitative estimate of drug-likeness (QED) is 0.685. The van der Waals surface area contributed by atoms with Gasteiger partial charge >= 0.3 is 6.09 Å². The molecule has 0 fully saturated rings. The molecule has 10 nitrogen and oxygen atoms in total. The van der Waals surface area contributed by atoms with Crippen molar-refractivity contribution in [3.8, 4) is 0 Å². The van der Waals surface area contributed by atoms with E-state index in [1.54, 1.807) is 16.0 Å². The third-order valence-corrected chi connectivity index (χ3v) is 5.72. The van der Waals surface area contributed by atoms with Gasteiger partial charge in [0.25, 0.3) is 5.91 Å². The first-order valence-electron chi connectivity index (χ1n) is 10.4. The lowest BCUT2D eigenvalue weighted by Crippen LogP contribution is -2.36. The van der Waals surface area contributed by atoms with Gasteiger partial charge in [0, 0.05) is 45.2 Å². The predicted molar refractivity (Wildman–Crippen MR) is 109 cm³/mol. The lowest BCUT2D eigenvalue weighted by molar-refractivity contribution is 0.0725. The van der Waals surface area contributed by atoms with Crippen LogP contribution in [0.3, 0.4) is 0 Å². The molecule has 1 N–H and O–H groups in total. The van der Waals surface area contributed by atoms with Crippen LogP contribution in [0.4, 0.5) is 4.79 Å². The number of ether oxygens (including phenoxy) is 1. The molecule has 0 atom stereocenters. The Morgan fingerprint density at radius 3 is 2.74 bits per heavy atom. The van der Waals surface area contributed by atoms with Crippen molar-refractivity contribution in [2.75, 3.05) is 19.6 Å². The summed E-state index contributed by atoms with van der Waals surface area (Å²) in [6, 6.07) is 9.62. The Kier molecular flexibility index (Phi) is 5.11. The monoisotopic (exact) mass is 421 g/mol. The normalized spacial score (nSPS) is 15.7. The van der Waals surface area contributed by atoms with Gasteiger partial charge in [0.1, 0.15) is 23.8 Å². The summed E-state index contributed by atoms with van der Waals surface area (Å²) >= 11 is 0. The number of hydrogen-bond acceptors (Lipinski definition) is 6. The molecule has 10 heteroatoms. The lowest BCUT2D eigenvalue weighted by Gasteiger charge is -2.24. The fourth-order valence-electron chi connectivity index (χ4n) is 3.96. The fourth-order valence-corrected chi connectivity index (χ4v) is 3.96. The Morgan fingerprint density at radius 2 is 1.87 bits per heavy atom. The van der Waals surface area contributed by atoms with Gasteiger partial charge in [0.15, 0.2) is 0 Å². The van der Waals surface area contributed by atoms with Crippen LogP contribution in [0.1, 0.15) is 33.3 Å². The van der Waals surface area contributed by atoms with Crippen LogP contribution in [-0.2, 0) is 37.3 Å². The van der Waals surface area contributed by atoms with E-state index in [4.69, 9.17) is 4.74 Å². The maximum atomic E-state index is 12.9. The van der Waals surface area contributed by atoms with Gasteiger partial charge in [-0.15, -0.1) is 5.10 Å². The standard InChI is InChI=1S/C21H23N7O3/c29-20(28-8-6-16-17(12-28)24-25-23-16)18-13-27-11-10-26(9-7-19(27)22-18)21(30)31-14-15-4-2-1-3-5-15/h1-5,13H,6-12,14H2,(H,23,24,25). The second-order valence-electron chi connectivity index (χ2n) is 7.73. The van der Waals surface area contributed by atoms with Crippen LogP contribution >= 0.6 is 0 Å². The van der Waals surface area contributed by atoms with E-state index < -0.39 is 0 Å². The minimum atomic E-state index is -0.331. The highest BCUT2D eigenvalue weighted by molar-refractivity contribution is 5.92. The number of fused-ring (bicyclic) bond motifs is 2. The second-order valence-corrected chi connectivity index (χ2v) is 7.73. The molecule has 2 aromatic heterocycles. The van der Waals surface area contributed by atoms with Crippen molar-refractivity contribution in [1.82, 2.24) is 34.8 Å². The first-order chi connectivity index (χ1) is 15.2. The molecular weight excluding hydrogens is 398 g/mol. The van der Waals surface area contributed by atoms with E-state index in [-0.39, 0.29) is 18.6 Å². The van der Waals surface area contributed by atoms with Crippen LogP contribution in [0.2, 0.25) is 0 Å². The van der Waals surface area contributed by atoms with Gasteiger partial charge in [0.05, 0.1) is 12.2 Å². The van der Waals surface area contributed by atoms with Gasteiger partial charge in [-0.05, 0) is 5.56 Å². The molecule has 5 rings (SSSR count). The second kappa shape index (κ2) is 8.21. The first-order valence-corrected chi connectivity index (χ1v) is 10.4. The Labute approximate surface area is 178 Å². The number of benzene rings is 1. The van der Waals surface area contributed by atoms with Crippen LogP contribution < -0.4 is 0 Å². The van der Waals surface area contributed by atoms with E-state index in [2.05, 4.69) is 20.4 Å². The van der Waals surface area contributed by atoms with Crippen molar-refractivity contribution in [3.05, 3.63) is 65.0 Å². The van der Waals surface area contributed by atoms with Gasteiger partial charge in [-0.25, -0.2) is 9.78 Å². The van der Waals surface area contributed by atoms with Gasteiger partial charge < -0.3 is 19.1 Å². The van der Waals surface area contributed by atoms with Crippen molar-refractivity contribution >= 4 is 12.0 Å².